The summed E-state index contributed by atoms with van der Waals surface area (Å²) in [5, 5.41) is 2.28. The van der Waals surface area contributed by atoms with Gasteiger partial charge in [-0.25, -0.2) is 0 Å². The molecular weight excluding hydrogens is 240 g/mol. The van der Waals surface area contributed by atoms with Gasteiger partial charge in [0, 0.05) is 22.1 Å². The maximum Gasteiger partial charge on any atom is 0.0657 e. The van der Waals surface area contributed by atoms with Crippen molar-refractivity contribution in [3.05, 3.63) is 40.6 Å². The minimum Gasteiger partial charge on any atom is -0.323 e. The number of halogens is 1. The van der Waals surface area contributed by atoms with Gasteiger partial charge in [-0.3, -0.25) is 4.98 Å². The van der Waals surface area contributed by atoms with Crippen molar-refractivity contribution in [2.75, 3.05) is 0 Å². The Labute approximate surface area is 91.3 Å². The smallest absolute Gasteiger partial charge is 0.0657 e. The molecule has 2 rings (SSSR count). The van der Waals surface area contributed by atoms with Crippen molar-refractivity contribution in [3.63, 3.8) is 0 Å². The zero-order chi connectivity index (χ0) is 10.1. The van der Waals surface area contributed by atoms with Crippen LogP contribution in [-0.2, 0) is 0 Å². The molecule has 0 saturated heterocycles. The number of aromatic nitrogens is 1. The molecule has 0 fully saturated rings. The summed E-state index contributed by atoms with van der Waals surface area (Å²) in [4.78, 5) is 4.31. The number of fused-ring (bicyclic) bond motifs is 1. The van der Waals surface area contributed by atoms with Gasteiger partial charge in [-0.1, -0.05) is 28.1 Å². The summed E-state index contributed by atoms with van der Waals surface area (Å²) in [6, 6.07) is 8.03. The van der Waals surface area contributed by atoms with Gasteiger partial charge in [0.1, 0.15) is 0 Å². The van der Waals surface area contributed by atoms with Gasteiger partial charge in [0.05, 0.1) is 5.69 Å². The Morgan fingerprint density at radius 3 is 2.86 bits per heavy atom. The van der Waals surface area contributed by atoms with E-state index in [-0.39, 0.29) is 6.04 Å². The van der Waals surface area contributed by atoms with Crippen molar-refractivity contribution >= 4 is 26.7 Å². The van der Waals surface area contributed by atoms with E-state index in [9.17, 15) is 0 Å². The Morgan fingerprint density at radius 2 is 2.14 bits per heavy atom. The number of hydrogen-bond acceptors (Lipinski definition) is 2. The Balaban J connectivity index is 2.84. The third kappa shape index (κ3) is 1.53. The van der Waals surface area contributed by atoms with Gasteiger partial charge in [0.2, 0.25) is 0 Å². The first kappa shape index (κ1) is 9.62. The number of nitrogens with zero attached hydrogens (tertiary/aromatic N) is 1. The first-order chi connectivity index (χ1) is 6.70. The molecule has 0 aliphatic rings. The molecule has 0 saturated carbocycles. The highest BCUT2D eigenvalue weighted by molar-refractivity contribution is 9.10. The minimum absolute atomic E-state index is 0.0441. The van der Waals surface area contributed by atoms with E-state index >= 15 is 0 Å². The van der Waals surface area contributed by atoms with Crippen molar-refractivity contribution in [2.24, 2.45) is 5.73 Å². The molecule has 72 valence electrons. The van der Waals surface area contributed by atoms with Crippen LogP contribution in [0.3, 0.4) is 0 Å². The fourth-order valence-corrected chi connectivity index (χ4v) is 2.14. The summed E-state index contributed by atoms with van der Waals surface area (Å²) >= 11 is 3.52. The molecule has 14 heavy (non-hydrogen) atoms. The molecule has 0 bridgehead atoms. The summed E-state index contributed by atoms with van der Waals surface area (Å²) in [6.07, 6.45) is 1.80. The third-order valence-electron chi connectivity index (χ3n) is 2.20. The Bertz CT molecular complexity index is 461. The molecule has 1 unspecified atom stereocenters. The van der Waals surface area contributed by atoms with Gasteiger partial charge >= 0.3 is 0 Å². The zero-order valence-electron chi connectivity index (χ0n) is 7.87. The summed E-state index contributed by atoms with van der Waals surface area (Å²) in [7, 11) is 0. The van der Waals surface area contributed by atoms with Gasteiger partial charge in [-0.15, -0.1) is 0 Å². The molecule has 0 spiro atoms. The fraction of sp³-hybridized carbons (Fsp3) is 0.182. The number of nitrogens with two attached hydrogens (primary N) is 1. The van der Waals surface area contributed by atoms with Crippen molar-refractivity contribution in [2.45, 2.75) is 13.0 Å². The van der Waals surface area contributed by atoms with E-state index < -0.39 is 0 Å². The minimum atomic E-state index is -0.0441. The quantitative estimate of drug-likeness (QED) is 0.846. The molecule has 1 atom stereocenters. The highest BCUT2D eigenvalue weighted by Crippen LogP contribution is 2.28. The van der Waals surface area contributed by atoms with Crippen LogP contribution in [0.4, 0.5) is 0 Å². The lowest BCUT2D eigenvalue weighted by atomic mass is 10.1. The van der Waals surface area contributed by atoms with E-state index in [1.165, 1.54) is 5.39 Å². The summed E-state index contributed by atoms with van der Waals surface area (Å²) in [6.45, 7) is 1.95. The normalized spacial score (nSPS) is 13.1. The van der Waals surface area contributed by atoms with Crippen LogP contribution in [0.15, 0.2) is 34.9 Å². The number of pyridine rings is 1. The predicted molar refractivity (Wildman–Crippen MR) is 62.0 cm³/mol. The second-order valence-electron chi connectivity index (χ2n) is 3.32. The van der Waals surface area contributed by atoms with Crippen LogP contribution in [-0.4, -0.2) is 4.98 Å². The predicted octanol–water partition coefficient (Wildman–Crippen LogP) is 3.02. The monoisotopic (exact) mass is 250 g/mol. The highest BCUT2D eigenvalue weighted by atomic mass is 79.9. The largest absolute Gasteiger partial charge is 0.323 e. The maximum atomic E-state index is 5.87. The van der Waals surface area contributed by atoms with Crippen LogP contribution in [0.25, 0.3) is 10.8 Å². The lowest BCUT2D eigenvalue weighted by Gasteiger charge is -2.09. The second-order valence-corrected chi connectivity index (χ2v) is 4.18. The SMILES string of the molecule is CC(N)c1nccc2cccc(Br)c12. The summed E-state index contributed by atoms with van der Waals surface area (Å²) in [5.41, 5.74) is 6.81. The van der Waals surface area contributed by atoms with E-state index in [0.717, 1.165) is 15.6 Å². The summed E-state index contributed by atoms with van der Waals surface area (Å²) in [5.74, 6) is 0. The van der Waals surface area contributed by atoms with Crippen molar-refractivity contribution < 1.29 is 0 Å². The zero-order valence-corrected chi connectivity index (χ0v) is 9.45. The van der Waals surface area contributed by atoms with Crippen LogP contribution in [0, 0.1) is 0 Å². The Morgan fingerprint density at radius 1 is 1.36 bits per heavy atom. The molecule has 3 heteroatoms. The lowest BCUT2D eigenvalue weighted by molar-refractivity contribution is 0.791. The van der Waals surface area contributed by atoms with Gasteiger partial charge in [-0.2, -0.15) is 0 Å². The molecule has 2 N–H and O–H groups in total. The highest BCUT2D eigenvalue weighted by Gasteiger charge is 2.08. The Kier molecular flexibility index (Phi) is 2.52. The van der Waals surface area contributed by atoms with Crippen LogP contribution < -0.4 is 5.73 Å². The van der Waals surface area contributed by atoms with E-state index in [4.69, 9.17) is 5.73 Å². The fourth-order valence-electron chi connectivity index (χ4n) is 1.56. The standard InChI is InChI=1S/C11H11BrN2/c1-7(13)11-10-8(5-6-14-11)3-2-4-9(10)12/h2-7H,13H2,1H3. The second kappa shape index (κ2) is 3.67. The summed E-state index contributed by atoms with van der Waals surface area (Å²) < 4.78 is 1.05. The third-order valence-corrected chi connectivity index (χ3v) is 2.86. The molecule has 0 radical (unpaired) electrons. The molecule has 2 aromatic rings. The van der Waals surface area contributed by atoms with Crippen molar-refractivity contribution in [3.8, 4) is 0 Å². The molecule has 2 nitrogen and oxygen atoms in total. The van der Waals surface area contributed by atoms with Crippen LogP contribution in [0.1, 0.15) is 18.7 Å². The van der Waals surface area contributed by atoms with Gasteiger partial charge in [0.15, 0.2) is 0 Å². The molecule has 0 aliphatic heterocycles. The molecule has 0 amide bonds. The van der Waals surface area contributed by atoms with Gasteiger partial charge in [-0.05, 0) is 24.4 Å². The van der Waals surface area contributed by atoms with E-state index in [2.05, 4.69) is 27.0 Å². The van der Waals surface area contributed by atoms with E-state index in [1.54, 1.807) is 6.20 Å². The molecule has 1 aromatic heterocycles. The first-order valence-electron chi connectivity index (χ1n) is 4.49. The van der Waals surface area contributed by atoms with Crippen LogP contribution >= 0.6 is 15.9 Å². The number of benzene rings is 1. The van der Waals surface area contributed by atoms with Gasteiger partial charge in [0.25, 0.3) is 0 Å². The van der Waals surface area contributed by atoms with E-state index in [1.807, 2.05) is 25.1 Å². The van der Waals surface area contributed by atoms with Crippen LogP contribution in [0.5, 0.6) is 0 Å². The average molecular weight is 251 g/mol. The number of hydrogen-bond donors (Lipinski definition) is 1. The molecule has 1 aromatic carbocycles. The molecular formula is C11H11BrN2. The lowest BCUT2D eigenvalue weighted by Crippen LogP contribution is -2.07. The molecule has 0 aliphatic carbocycles. The van der Waals surface area contributed by atoms with Crippen molar-refractivity contribution in [1.29, 1.82) is 0 Å². The van der Waals surface area contributed by atoms with Crippen molar-refractivity contribution in [1.82, 2.24) is 4.98 Å². The first-order valence-corrected chi connectivity index (χ1v) is 5.28. The maximum absolute atomic E-state index is 5.87. The van der Waals surface area contributed by atoms with Crippen LogP contribution in [0.2, 0.25) is 0 Å². The van der Waals surface area contributed by atoms with E-state index in [0.29, 0.717) is 0 Å². The number of rotatable bonds is 1. The average Bonchev–Trinajstić information content (AvgIpc) is 2.17. The Hall–Kier alpha value is -0.930. The van der Waals surface area contributed by atoms with Gasteiger partial charge < -0.3 is 5.73 Å². The molecule has 1 heterocycles. The topological polar surface area (TPSA) is 38.9 Å².